The van der Waals surface area contributed by atoms with Crippen LogP contribution in [0.3, 0.4) is 0 Å². The first-order valence-corrected chi connectivity index (χ1v) is 8.48. The first kappa shape index (κ1) is 12.9. The highest BCUT2D eigenvalue weighted by Crippen LogP contribution is 2.27. The topological polar surface area (TPSA) is 12.0 Å². The van der Waals surface area contributed by atoms with Crippen molar-refractivity contribution in [2.75, 3.05) is 12.3 Å². The molecular weight excluding hydrogens is 302 g/mol. The monoisotopic (exact) mass is 319 g/mol. The maximum Gasteiger partial charge on any atom is 0.0314 e. The van der Waals surface area contributed by atoms with Crippen molar-refractivity contribution in [3.8, 4) is 0 Å². The zero-order chi connectivity index (χ0) is 11.4. The third-order valence-electron chi connectivity index (χ3n) is 2.85. The lowest BCUT2D eigenvalue weighted by molar-refractivity contribution is 0.600. The summed E-state index contributed by atoms with van der Waals surface area (Å²) < 4.78 is 1.25. The number of thiophene rings is 1. The van der Waals surface area contributed by atoms with Crippen LogP contribution in [0, 0.1) is 6.92 Å². The van der Waals surface area contributed by atoms with Gasteiger partial charge in [0.2, 0.25) is 0 Å². The van der Waals surface area contributed by atoms with E-state index in [1.165, 1.54) is 45.8 Å². The van der Waals surface area contributed by atoms with Gasteiger partial charge in [0, 0.05) is 32.6 Å². The summed E-state index contributed by atoms with van der Waals surface area (Å²) in [4.78, 5) is 2.81. The molecule has 1 unspecified atom stereocenters. The maximum absolute atomic E-state index is 3.58. The van der Waals surface area contributed by atoms with E-state index in [0.717, 1.165) is 11.8 Å². The minimum atomic E-state index is 0.846. The number of hydrogen-bond acceptors (Lipinski definition) is 3. The Morgan fingerprint density at radius 2 is 2.38 bits per heavy atom. The van der Waals surface area contributed by atoms with E-state index >= 15 is 0 Å². The summed E-state index contributed by atoms with van der Waals surface area (Å²) >= 11 is 7.59. The Kier molecular flexibility index (Phi) is 5.20. The number of thioether (sulfide) groups is 1. The van der Waals surface area contributed by atoms with E-state index in [-0.39, 0.29) is 0 Å². The van der Waals surface area contributed by atoms with Crippen LogP contribution in [0.1, 0.15) is 29.0 Å². The van der Waals surface area contributed by atoms with Gasteiger partial charge < -0.3 is 5.32 Å². The van der Waals surface area contributed by atoms with E-state index in [2.05, 4.69) is 46.0 Å². The molecule has 1 aliphatic rings. The second kappa shape index (κ2) is 6.43. The molecule has 0 amide bonds. The highest BCUT2D eigenvalue weighted by molar-refractivity contribution is 9.10. The summed E-state index contributed by atoms with van der Waals surface area (Å²) in [6, 6.07) is 2.24. The van der Waals surface area contributed by atoms with Crippen molar-refractivity contribution in [3.63, 3.8) is 0 Å². The Balaban J connectivity index is 1.71. The van der Waals surface area contributed by atoms with Gasteiger partial charge in [-0.15, -0.1) is 11.3 Å². The molecule has 1 aromatic heterocycles. The fourth-order valence-corrected chi connectivity index (χ4v) is 4.77. The van der Waals surface area contributed by atoms with Gasteiger partial charge in [0.25, 0.3) is 0 Å². The van der Waals surface area contributed by atoms with Gasteiger partial charge in [-0.2, -0.15) is 11.8 Å². The van der Waals surface area contributed by atoms with Crippen molar-refractivity contribution in [3.05, 3.63) is 20.3 Å². The molecule has 1 fully saturated rings. The molecule has 1 N–H and O–H groups in total. The smallest absolute Gasteiger partial charge is 0.0314 e. The van der Waals surface area contributed by atoms with Gasteiger partial charge in [0.05, 0.1) is 0 Å². The molecule has 0 radical (unpaired) electrons. The second-order valence-corrected chi connectivity index (χ2v) is 7.84. The number of nitrogens with one attached hydrogen (secondary N) is 1. The van der Waals surface area contributed by atoms with Crippen LogP contribution in [0.4, 0.5) is 0 Å². The lowest BCUT2D eigenvalue weighted by Crippen LogP contribution is -2.26. The molecule has 2 heterocycles. The fraction of sp³-hybridized carbons (Fsp3) is 0.667. The molecule has 1 nitrogen and oxygen atoms in total. The molecule has 0 spiro atoms. The van der Waals surface area contributed by atoms with Crippen LogP contribution in [-0.4, -0.2) is 17.5 Å². The second-order valence-electron chi connectivity index (χ2n) is 4.24. The summed E-state index contributed by atoms with van der Waals surface area (Å²) in [5, 5.41) is 4.43. The number of aryl methyl sites for hydroxylation is 1. The summed E-state index contributed by atoms with van der Waals surface area (Å²) in [5.41, 5.74) is 0. The van der Waals surface area contributed by atoms with Gasteiger partial charge in [-0.05, 0) is 47.5 Å². The summed E-state index contributed by atoms with van der Waals surface area (Å²) in [5.74, 6) is 1.36. The van der Waals surface area contributed by atoms with Gasteiger partial charge in [-0.3, -0.25) is 0 Å². The Labute approximate surface area is 115 Å². The van der Waals surface area contributed by atoms with E-state index in [1.807, 2.05) is 11.3 Å². The third kappa shape index (κ3) is 3.76. The molecule has 0 bridgehead atoms. The Morgan fingerprint density at radius 1 is 1.50 bits per heavy atom. The molecule has 4 heteroatoms. The summed E-state index contributed by atoms with van der Waals surface area (Å²) in [7, 11) is 0. The predicted molar refractivity (Wildman–Crippen MR) is 78.6 cm³/mol. The average molecular weight is 320 g/mol. The van der Waals surface area contributed by atoms with Crippen molar-refractivity contribution < 1.29 is 0 Å². The van der Waals surface area contributed by atoms with E-state index in [9.17, 15) is 0 Å². The van der Waals surface area contributed by atoms with Crippen LogP contribution in [0.15, 0.2) is 10.5 Å². The number of hydrogen-bond donors (Lipinski definition) is 1. The Morgan fingerprint density at radius 3 is 3.00 bits per heavy atom. The first-order valence-electron chi connectivity index (χ1n) is 5.83. The largest absolute Gasteiger partial charge is 0.311 e. The molecule has 0 saturated carbocycles. The first-order chi connectivity index (χ1) is 7.75. The standard InChI is InChI=1S/C12H18BrNS2/c1-9-12(13)6-11(16-9)8-14-7-10-4-2-3-5-15-10/h6,10,14H,2-5,7-8H2,1H3. The minimum absolute atomic E-state index is 0.846. The average Bonchev–Trinajstić information content (AvgIpc) is 2.60. The highest BCUT2D eigenvalue weighted by Gasteiger charge is 2.13. The van der Waals surface area contributed by atoms with E-state index in [4.69, 9.17) is 0 Å². The van der Waals surface area contributed by atoms with Crippen LogP contribution in [0.5, 0.6) is 0 Å². The molecule has 16 heavy (non-hydrogen) atoms. The molecule has 1 atom stereocenters. The van der Waals surface area contributed by atoms with Crippen molar-refractivity contribution in [1.29, 1.82) is 0 Å². The lowest BCUT2D eigenvalue weighted by Gasteiger charge is -2.21. The zero-order valence-electron chi connectivity index (χ0n) is 9.59. The van der Waals surface area contributed by atoms with Gasteiger partial charge in [0.1, 0.15) is 0 Å². The summed E-state index contributed by atoms with van der Waals surface area (Å²) in [6.07, 6.45) is 4.23. The quantitative estimate of drug-likeness (QED) is 0.892. The van der Waals surface area contributed by atoms with Crippen LogP contribution in [0.25, 0.3) is 0 Å². The molecular formula is C12H18BrNS2. The van der Waals surface area contributed by atoms with Crippen molar-refractivity contribution in [1.82, 2.24) is 5.32 Å². The van der Waals surface area contributed by atoms with Crippen molar-refractivity contribution >= 4 is 39.0 Å². The number of rotatable bonds is 4. The van der Waals surface area contributed by atoms with Gasteiger partial charge in [-0.25, -0.2) is 0 Å². The SMILES string of the molecule is Cc1sc(CNCC2CCCCS2)cc1Br. The van der Waals surface area contributed by atoms with Gasteiger partial charge in [0.15, 0.2) is 0 Å². The van der Waals surface area contributed by atoms with Crippen LogP contribution < -0.4 is 5.32 Å². The van der Waals surface area contributed by atoms with Crippen molar-refractivity contribution in [2.45, 2.75) is 38.0 Å². The van der Waals surface area contributed by atoms with Crippen LogP contribution in [0.2, 0.25) is 0 Å². The Bertz CT molecular complexity index is 312. The fourth-order valence-electron chi connectivity index (χ4n) is 1.93. The molecule has 1 saturated heterocycles. The van der Waals surface area contributed by atoms with E-state index < -0.39 is 0 Å². The zero-order valence-corrected chi connectivity index (χ0v) is 12.8. The molecule has 2 rings (SSSR count). The van der Waals surface area contributed by atoms with E-state index in [0.29, 0.717) is 0 Å². The minimum Gasteiger partial charge on any atom is -0.311 e. The van der Waals surface area contributed by atoms with Crippen LogP contribution in [-0.2, 0) is 6.54 Å². The molecule has 90 valence electrons. The maximum atomic E-state index is 3.58. The van der Waals surface area contributed by atoms with Crippen molar-refractivity contribution in [2.24, 2.45) is 0 Å². The molecule has 1 aromatic rings. The molecule has 1 aliphatic heterocycles. The number of halogens is 1. The lowest BCUT2D eigenvalue weighted by atomic mass is 10.2. The van der Waals surface area contributed by atoms with Crippen LogP contribution >= 0.6 is 39.0 Å². The predicted octanol–water partition coefficient (Wildman–Crippen LogP) is 4.19. The molecule has 0 aliphatic carbocycles. The summed E-state index contributed by atoms with van der Waals surface area (Å²) in [6.45, 7) is 4.35. The van der Waals surface area contributed by atoms with Gasteiger partial charge >= 0.3 is 0 Å². The normalized spacial score (nSPS) is 21.2. The van der Waals surface area contributed by atoms with E-state index in [1.54, 1.807) is 0 Å². The third-order valence-corrected chi connectivity index (χ3v) is 6.39. The highest BCUT2D eigenvalue weighted by atomic mass is 79.9. The van der Waals surface area contributed by atoms with Gasteiger partial charge in [-0.1, -0.05) is 6.42 Å². The Hall–Kier alpha value is 0.490. The molecule has 0 aromatic carbocycles.